The predicted octanol–water partition coefficient (Wildman–Crippen LogP) is 32.5. The van der Waals surface area contributed by atoms with Crippen LogP contribution in [0.4, 0.5) is 34.1 Å². The maximum absolute atomic E-state index is 13.7. The van der Waals surface area contributed by atoms with E-state index in [1.54, 1.807) is 18.2 Å². The molecular weight excluding hydrogens is 1740 g/mol. The monoisotopic (exact) mass is 1830 g/mol. The fraction of sp³-hybridized carbons (Fsp3) is 0.0909. The molecule has 0 saturated heterocycles. The van der Waals surface area contributed by atoms with Gasteiger partial charge in [-0.3, -0.25) is 28.8 Å². The molecule has 0 unspecified atom stereocenters. The van der Waals surface area contributed by atoms with Gasteiger partial charge < -0.3 is 19.1 Å². The highest BCUT2D eigenvalue weighted by Gasteiger charge is 2.54. The average molecular weight is 1830 g/mol. The number of aromatic nitrogens is 1. The third-order valence-corrected chi connectivity index (χ3v) is 32.1. The Morgan fingerprint density at radius 2 is 0.599 bits per heavy atom. The zero-order valence-corrected chi connectivity index (χ0v) is 79.1. The Balaban J connectivity index is 0.000000104. The normalized spacial score (nSPS) is 15.6. The molecule has 6 heterocycles. The SMILES string of the molecule is CC1(C)c2c(ccc3cc(C=C4C(=O)c5cc6ccccc6cc5C4=O)ccc23)-n2c3ccccc3c3c4ccccc4cc1c32.CC1(C)c2cccc3c2N2c4c(cc5ccccc5c4C3(C)C)C(C)(C)c3c2c1cc1cc(C=C2C(=O)c4cc5ccccc5cc4C2=O)ccc31.O=C1C(=Cc2ccc3c4c(ccc3c2)N(c2ccccc2)c2cc3ccccc3cc2O4)C(=O)c2cc3ccccc3cc21. The van der Waals surface area contributed by atoms with Crippen molar-refractivity contribution in [3.8, 4) is 17.2 Å². The molecule has 0 fully saturated rings. The van der Waals surface area contributed by atoms with Gasteiger partial charge in [-0.1, -0.05) is 298 Å². The zero-order chi connectivity index (χ0) is 95.9. The Labute approximate surface area is 817 Å². The number of fused-ring (bicyclic) bond motifs is 24. The fourth-order valence-electron chi connectivity index (χ4n) is 25.2. The molecule has 142 heavy (non-hydrogen) atoms. The summed E-state index contributed by atoms with van der Waals surface area (Å²) in [6.45, 7) is 19.0. The average Bonchev–Trinajstić information content (AvgIpc) is 0.889. The molecule has 0 saturated carbocycles. The van der Waals surface area contributed by atoms with E-state index >= 15 is 0 Å². The van der Waals surface area contributed by atoms with Crippen LogP contribution in [0.2, 0.25) is 0 Å². The van der Waals surface area contributed by atoms with E-state index in [0.717, 1.165) is 110 Å². The first kappa shape index (κ1) is 82.6. The Hall–Kier alpha value is -17.6. The summed E-state index contributed by atoms with van der Waals surface area (Å²) in [5.41, 5.74) is 26.3. The molecular formula is C132H87N3O7. The van der Waals surface area contributed by atoms with Crippen molar-refractivity contribution in [2.75, 3.05) is 9.80 Å². The quantitative estimate of drug-likeness (QED) is 0.125. The van der Waals surface area contributed by atoms with E-state index in [9.17, 15) is 28.8 Å². The lowest BCUT2D eigenvalue weighted by atomic mass is 9.59. The molecule has 0 atom stereocenters. The molecule has 0 radical (unpaired) electrons. The lowest BCUT2D eigenvalue weighted by molar-refractivity contribution is 0.0975. The van der Waals surface area contributed by atoms with E-state index in [-0.39, 0.29) is 73.1 Å². The highest BCUT2D eigenvalue weighted by molar-refractivity contribution is 6.44. The van der Waals surface area contributed by atoms with E-state index < -0.39 is 0 Å². The Morgan fingerprint density at radius 3 is 1.11 bits per heavy atom. The lowest BCUT2D eigenvalue weighted by Crippen LogP contribution is -2.43. The predicted molar refractivity (Wildman–Crippen MR) is 578 cm³/mol. The topological polar surface area (TPSA) is 123 Å². The van der Waals surface area contributed by atoms with Gasteiger partial charge in [0.2, 0.25) is 0 Å². The zero-order valence-electron chi connectivity index (χ0n) is 79.1. The first-order valence-electron chi connectivity index (χ1n) is 48.7. The van der Waals surface area contributed by atoms with E-state index in [4.69, 9.17) is 4.74 Å². The van der Waals surface area contributed by atoms with Crippen molar-refractivity contribution in [2.24, 2.45) is 0 Å². The van der Waals surface area contributed by atoms with Crippen molar-refractivity contribution < 1.29 is 33.5 Å². The molecule has 30 rings (SSSR count). The van der Waals surface area contributed by atoms with Gasteiger partial charge in [0.1, 0.15) is 0 Å². The molecule has 10 nitrogen and oxygen atoms in total. The second-order valence-electron chi connectivity index (χ2n) is 41.4. The largest absolute Gasteiger partial charge is 0.452 e. The maximum Gasteiger partial charge on any atom is 0.197 e. The van der Waals surface area contributed by atoms with Gasteiger partial charge in [0.15, 0.2) is 46.2 Å². The molecule has 8 aliphatic rings. The number of carbonyl (C=O) groups is 6. The lowest BCUT2D eigenvalue weighted by Gasteiger charge is -2.55. The van der Waals surface area contributed by atoms with Gasteiger partial charge in [-0.15, -0.1) is 0 Å². The molecule has 10 heteroatoms. The number of benzene rings is 21. The number of rotatable bonds is 4. The smallest absolute Gasteiger partial charge is 0.197 e. The Bertz CT molecular complexity index is 9680. The first-order chi connectivity index (χ1) is 68.9. The number of nitrogens with zero attached hydrogens (tertiary/aromatic N) is 3. The highest BCUT2D eigenvalue weighted by atomic mass is 16.5. The van der Waals surface area contributed by atoms with Crippen LogP contribution in [0.1, 0.15) is 179 Å². The van der Waals surface area contributed by atoms with Gasteiger partial charge in [-0.25, -0.2) is 0 Å². The van der Waals surface area contributed by atoms with E-state index in [2.05, 4.69) is 270 Å². The van der Waals surface area contributed by atoms with Crippen molar-refractivity contribution in [1.82, 2.24) is 4.57 Å². The van der Waals surface area contributed by atoms with Gasteiger partial charge in [0, 0.05) is 76.9 Å². The third-order valence-electron chi connectivity index (χ3n) is 32.1. The molecule has 3 aliphatic carbocycles. The molecule has 1 aromatic heterocycles. The third kappa shape index (κ3) is 11.6. The first-order valence-corrected chi connectivity index (χ1v) is 48.7. The summed E-state index contributed by atoms with van der Waals surface area (Å²) >= 11 is 0. The molecule has 21 aromatic carbocycles. The number of ether oxygens (including phenoxy) is 1. The summed E-state index contributed by atoms with van der Waals surface area (Å²) in [7, 11) is 0. The van der Waals surface area contributed by atoms with Crippen LogP contribution in [0.3, 0.4) is 0 Å². The van der Waals surface area contributed by atoms with Crippen LogP contribution in [0, 0.1) is 0 Å². The number of Topliss-reactive ketones (excluding diaryl/α,β-unsaturated/α-hetero) is 6. The Kier molecular flexibility index (Phi) is 17.2. The van der Waals surface area contributed by atoms with Crippen LogP contribution in [0.5, 0.6) is 11.5 Å². The van der Waals surface area contributed by atoms with Gasteiger partial charge >= 0.3 is 0 Å². The van der Waals surface area contributed by atoms with Crippen LogP contribution in [-0.4, -0.2) is 39.3 Å². The minimum absolute atomic E-state index is 0.194. The van der Waals surface area contributed by atoms with Crippen molar-refractivity contribution in [3.05, 3.63) is 475 Å². The number of hydrogen-bond donors (Lipinski definition) is 0. The number of para-hydroxylation sites is 3. The standard InChI is InChI=1S/C49H37NO2.C43H27NO2.C40H23NO3/c1-47(2)36-16-11-17-37-42(36)50-43-38(47)25-30-20-26(21-35-45(51)33-22-27-12-7-8-13-28(27)23-34(33)46(35)52)18-19-32(30)41(43)49(5,6)39-24-29-14-9-10-15-31(29)40(44(39)50)48(37,3)4;1-43(2)35-23-27-11-5-6-12-29(27)38-31-13-7-8-14-36(31)44(40(35)38)37-18-16-28-19-24(15-17-30(28)39(37)43)20-34-41(45)32-21-25-9-3-4-10-26(25)22-33(32)42(34)46;42-38-32-20-25-8-4-5-9-26(25)21-33(32)39(43)34(38)19-24-14-16-31-29(18-24)15-17-35-40(31)44-37-23-28-11-7-6-10-27(28)22-36(37)41(35)30-12-2-1-3-13-30/h7-25H,1-6H3;3-23H,1-2H3;1-23H. The molecule has 0 spiro atoms. The van der Waals surface area contributed by atoms with Crippen LogP contribution >= 0.6 is 0 Å². The summed E-state index contributed by atoms with van der Waals surface area (Å²) < 4.78 is 9.13. The molecule has 0 amide bonds. The summed E-state index contributed by atoms with van der Waals surface area (Å²) in [6, 6.07) is 125. The van der Waals surface area contributed by atoms with Crippen molar-refractivity contribution in [3.63, 3.8) is 0 Å². The van der Waals surface area contributed by atoms with Gasteiger partial charge in [0.25, 0.3) is 0 Å². The molecule has 672 valence electrons. The van der Waals surface area contributed by atoms with Gasteiger partial charge in [-0.05, 0) is 292 Å². The second kappa shape index (κ2) is 29.5. The summed E-state index contributed by atoms with van der Waals surface area (Å²) in [5.74, 6) is 0.280. The number of allylic oxidation sites excluding steroid dienone is 3. The van der Waals surface area contributed by atoms with Crippen LogP contribution in [0.25, 0.3) is 143 Å². The number of anilines is 6. The second-order valence-corrected chi connectivity index (χ2v) is 41.4. The van der Waals surface area contributed by atoms with Crippen LogP contribution < -0.4 is 14.5 Å². The van der Waals surface area contributed by atoms with Crippen molar-refractivity contribution in [1.29, 1.82) is 0 Å². The van der Waals surface area contributed by atoms with E-state index in [1.165, 1.54) is 121 Å². The summed E-state index contributed by atoms with van der Waals surface area (Å²) in [6.07, 6.45) is 5.29. The summed E-state index contributed by atoms with van der Waals surface area (Å²) in [5, 5.41) is 22.2. The number of carbonyl (C=O) groups excluding carboxylic acids is 6. The van der Waals surface area contributed by atoms with Gasteiger partial charge in [0.05, 0.1) is 61.9 Å². The van der Waals surface area contributed by atoms with E-state index in [1.807, 2.05) is 164 Å². The Morgan fingerprint density at radius 1 is 0.239 bits per heavy atom. The van der Waals surface area contributed by atoms with Crippen molar-refractivity contribution >= 4 is 206 Å². The molecule has 22 aromatic rings. The summed E-state index contributed by atoms with van der Waals surface area (Å²) in [4.78, 5) is 86.1. The van der Waals surface area contributed by atoms with E-state index in [0.29, 0.717) is 33.4 Å². The van der Waals surface area contributed by atoms with Crippen molar-refractivity contribution in [2.45, 2.75) is 77.0 Å². The molecule has 0 N–H and O–H groups in total. The number of hydrogen-bond acceptors (Lipinski definition) is 9. The number of ketones is 6. The van der Waals surface area contributed by atoms with Gasteiger partial charge in [-0.2, -0.15) is 0 Å². The highest BCUT2D eigenvalue weighted by Crippen LogP contribution is 2.69. The minimum atomic E-state index is -0.314. The molecule has 0 bridgehead atoms. The maximum atomic E-state index is 13.7. The van der Waals surface area contributed by atoms with Crippen LogP contribution in [-0.2, 0) is 21.7 Å². The fourth-order valence-corrected chi connectivity index (χ4v) is 25.2. The van der Waals surface area contributed by atoms with Crippen LogP contribution in [0.15, 0.2) is 381 Å². The molecule has 5 aliphatic heterocycles. The minimum Gasteiger partial charge on any atom is -0.452 e.